The second-order valence-corrected chi connectivity index (χ2v) is 4.82. The highest BCUT2D eigenvalue weighted by molar-refractivity contribution is 5.85. The van der Waals surface area contributed by atoms with Crippen LogP contribution in [0, 0.1) is 5.82 Å². The van der Waals surface area contributed by atoms with E-state index in [9.17, 15) is 22.7 Å². The first-order chi connectivity index (χ1) is 9.37. The maximum absolute atomic E-state index is 13.3. The molecule has 1 aromatic rings. The molecule has 120 valence electrons. The molecule has 1 atom stereocenters. The topological polar surface area (TPSA) is 35.5 Å². The van der Waals surface area contributed by atoms with Crippen molar-refractivity contribution >= 4 is 12.4 Å². The second-order valence-electron chi connectivity index (χ2n) is 4.82. The zero-order valence-corrected chi connectivity index (χ0v) is 12.0. The summed E-state index contributed by atoms with van der Waals surface area (Å²) in [5.74, 6) is -0.959. The van der Waals surface area contributed by atoms with Gasteiger partial charge in [-0.25, -0.2) is 4.39 Å². The van der Waals surface area contributed by atoms with Crippen molar-refractivity contribution in [1.29, 1.82) is 0 Å². The Balaban J connectivity index is 0.00000220. The van der Waals surface area contributed by atoms with Crippen LogP contribution in [-0.2, 0) is 0 Å². The van der Waals surface area contributed by atoms with Crippen LogP contribution in [0.4, 0.5) is 17.6 Å². The fraction of sp³-hybridized carbons (Fsp3) is 0.538. The van der Waals surface area contributed by atoms with Crippen molar-refractivity contribution in [2.45, 2.75) is 18.6 Å². The van der Waals surface area contributed by atoms with Crippen molar-refractivity contribution in [2.24, 2.45) is 0 Å². The molecule has 0 bridgehead atoms. The van der Waals surface area contributed by atoms with Crippen LogP contribution in [0.15, 0.2) is 18.2 Å². The van der Waals surface area contributed by atoms with Gasteiger partial charge in [0.2, 0.25) is 0 Å². The van der Waals surface area contributed by atoms with Crippen LogP contribution in [0.1, 0.15) is 18.0 Å². The summed E-state index contributed by atoms with van der Waals surface area (Å²) in [6, 6.07) is 2.04. The Morgan fingerprint density at radius 3 is 2.43 bits per heavy atom. The molecule has 2 rings (SSSR count). The van der Waals surface area contributed by atoms with Crippen LogP contribution in [0.3, 0.4) is 0 Å². The van der Waals surface area contributed by atoms with Crippen molar-refractivity contribution in [3.05, 3.63) is 29.6 Å². The van der Waals surface area contributed by atoms with Crippen molar-refractivity contribution in [2.75, 3.05) is 26.2 Å². The normalized spacial score (nSPS) is 18.1. The number of aromatic hydroxyl groups is 1. The SMILES string of the molecule is Cl.Oc1ccc(F)cc1[C@@H](CC(F)(F)F)N1CCNCC1. The van der Waals surface area contributed by atoms with E-state index in [4.69, 9.17) is 0 Å². The summed E-state index contributed by atoms with van der Waals surface area (Å²) in [6.45, 7) is 2.00. The fourth-order valence-corrected chi connectivity index (χ4v) is 2.44. The average molecular weight is 329 g/mol. The lowest BCUT2D eigenvalue weighted by atomic mass is 9.99. The van der Waals surface area contributed by atoms with Gasteiger partial charge in [0, 0.05) is 37.8 Å². The number of rotatable bonds is 3. The Morgan fingerprint density at radius 1 is 1.24 bits per heavy atom. The molecule has 0 spiro atoms. The third kappa shape index (κ3) is 5.01. The van der Waals surface area contributed by atoms with Gasteiger partial charge in [-0.05, 0) is 18.2 Å². The molecule has 0 radical (unpaired) electrons. The van der Waals surface area contributed by atoms with Gasteiger partial charge < -0.3 is 10.4 Å². The van der Waals surface area contributed by atoms with Gasteiger partial charge in [-0.1, -0.05) is 0 Å². The molecule has 8 heteroatoms. The molecule has 1 fully saturated rings. The summed E-state index contributed by atoms with van der Waals surface area (Å²) in [6.07, 6.45) is -5.49. The minimum absolute atomic E-state index is 0. The standard InChI is InChI=1S/C13H16F4N2O.ClH/c14-9-1-2-12(20)10(7-9)11(8-13(15,16)17)19-5-3-18-4-6-19;/h1-2,7,11,18,20H,3-6,8H2;1H/t11-;/m1./s1. The lowest BCUT2D eigenvalue weighted by Crippen LogP contribution is -2.46. The average Bonchev–Trinajstić information content (AvgIpc) is 2.39. The number of hydrogen-bond acceptors (Lipinski definition) is 3. The van der Waals surface area contributed by atoms with Crippen LogP contribution in [-0.4, -0.2) is 42.4 Å². The van der Waals surface area contributed by atoms with E-state index in [0.717, 1.165) is 18.2 Å². The lowest BCUT2D eigenvalue weighted by Gasteiger charge is -2.35. The quantitative estimate of drug-likeness (QED) is 0.838. The number of alkyl halides is 3. The molecule has 0 saturated carbocycles. The van der Waals surface area contributed by atoms with Crippen molar-refractivity contribution < 1.29 is 22.7 Å². The molecular formula is C13H17ClF4N2O. The van der Waals surface area contributed by atoms with Crippen LogP contribution in [0.25, 0.3) is 0 Å². The van der Waals surface area contributed by atoms with E-state index in [0.29, 0.717) is 26.2 Å². The number of nitrogens with one attached hydrogen (secondary N) is 1. The van der Waals surface area contributed by atoms with E-state index < -0.39 is 24.5 Å². The molecule has 1 aromatic carbocycles. The Bertz CT molecular complexity index is 464. The molecular weight excluding hydrogens is 312 g/mol. The van der Waals surface area contributed by atoms with E-state index in [1.165, 1.54) is 0 Å². The molecule has 0 unspecified atom stereocenters. The number of piperazine rings is 1. The highest BCUT2D eigenvalue weighted by atomic mass is 35.5. The minimum Gasteiger partial charge on any atom is -0.508 e. The third-order valence-corrected chi connectivity index (χ3v) is 3.37. The smallest absolute Gasteiger partial charge is 0.390 e. The van der Waals surface area contributed by atoms with Crippen LogP contribution in [0.5, 0.6) is 5.75 Å². The summed E-state index contributed by atoms with van der Waals surface area (Å²) in [5.41, 5.74) is -0.00998. The number of nitrogens with zero attached hydrogens (tertiary/aromatic N) is 1. The minimum atomic E-state index is -4.38. The number of benzene rings is 1. The highest BCUT2D eigenvalue weighted by Gasteiger charge is 2.37. The van der Waals surface area contributed by atoms with Gasteiger partial charge in [-0.2, -0.15) is 13.2 Å². The zero-order chi connectivity index (χ0) is 14.8. The predicted octanol–water partition coefficient (Wildman–Crippen LogP) is 2.85. The van der Waals surface area contributed by atoms with E-state index in [1.807, 2.05) is 0 Å². The maximum Gasteiger partial charge on any atom is 0.390 e. The summed E-state index contributed by atoms with van der Waals surface area (Å²) in [5, 5.41) is 12.8. The van der Waals surface area contributed by atoms with Crippen molar-refractivity contribution in [3.8, 4) is 5.75 Å². The van der Waals surface area contributed by atoms with Crippen LogP contribution < -0.4 is 5.32 Å². The molecule has 0 aliphatic carbocycles. The van der Waals surface area contributed by atoms with Gasteiger partial charge in [0.25, 0.3) is 0 Å². The summed E-state index contributed by atoms with van der Waals surface area (Å²) < 4.78 is 51.6. The monoisotopic (exact) mass is 328 g/mol. The first-order valence-electron chi connectivity index (χ1n) is 6.37. The largest absolute Gasteiger partial charge is 0.508 e. The summed E-state index contributed by atoms with van der Waals surface area (Å²) in [4.78, 5) is 1.62. The zero-order valence-electron chi connectivity index (χ0n) is 11.2. The van der Waals surface area contributed by atoms with E-state index in [-0.39, 0.29) is 23.7 Å². The van der Waals surface area contributed by atoms with Gasteiger partial charge in [0.1, 0.15) is 11.6 Å². The molecule has 1 saturated heterocycles. The molecule has 21 heavy (non-hydrogen) atoms. The molecule has 3 nitrogen and oxygen atoms in total. The van der Waals surface area contributed by atoms with Gasteiger partial charge in [-0.3, -0.25) is 4.90 Å². The van der Waals surface area contributed by atoms with Gasteiger partial charge in [0.15, 0.2) is 0 Å². The van der Waals surface area contributed by atoms with Gasteiger partial charge in [-0.15, -0.1) is 12.4 Å². The van der Waals surface area contributed by atoms with E-state index in [1.54, 1.807) is 4.90 Å². The molecule has 1 aliphatic rings. The van der Waals surface area contributed by atoms with Gasteiger partial charge >= 0.3 is 6.18 Å². The van der Waals surface area contributed by atoms with Crippen molar-refractivity contribution in [1.82, 2.24) is 10.2 Å². The van der Waals surface area contributed by atoms with E-state index >= 15 is 0 Å². The number of phenolic OH excluding ortho intramolecular Hbond substituents is 1. The van der Waals surface area contributed by atoms with Crippen LogP contribution in [0.2, 0.25) is 0 Å². The highest BCUT2D eigenvalue weighted by Crippen LogP contribution is 2.37. The summed E-state index contributed by atoms with van der Waals surface area (Å²) >= 11 is 0. The molecule has 1 aliphatic heterocycles. The number of phenols is 1. The predicted molar refractivity (Wildman–Crippen MR) is 73.2 cm³/mol. The second kappa shape index (κ2) is 7.29. The first kappa shape index (κ1) is 18.0. The number of halogens is 5. The van der Waals surface area contributed by atoms with Crippen molar-refractivity contribution in [3.63, 3.8) is 0 Å². The maximum atomic E-state index is 13.3. The fourth-order valence-electron chi connectivity index (χ4n) is 2.44. The molecule has 0 aromatic heterocycles. The Morgan fingerprint density at radius 2 is 1.86 bits per heavy atom. The molecule has 2 N–H and O–H groups in total. The molecule has 1 heterocycles. The Hall–Kier alpha value is -1.05. The van der Waals surface area contributed by atoms with Crippen LogP contribution >= 0.6 is 12.4 Å². The third-order valence-electron chi connectivity index (χ3n) is 3.37. The first-order valence-corrected chi connectivity index (χ1v) is 6.37. The summed E-state index contributed by atoms with van der Waals surface area (Å²) in [7, 11) is 0. The number of hydrogen-bond donors (Lipinski definition) is 2. The Labute approximate surface area is 126 Å². The van der Waals surface area contributed by atoms with E-state index in [2.05, 4.69) is 5.32 Å². The Kier molecular flexibility index (Phi) is 6.24. The molecule has 0 amide bonds. The van der Waals surface area contributed by atoms with Gasteiger partial charge in [0.05, 0.1) is 6.42 Å². The lowest BCUT2D eigenvalue weighted by molar-refractivity contribution is -0.148.